The van der Waals surface area contributed by atoms with Gasteiger partial charge in [0.05, 0.1) is 28.4 Å². The van der Waals surface area contributed by atoms with E-state index in [-0.39, 0.29) is 23.2 Å². The summed E-state index contributed by atoms with van der Waals surface area (Å²) in [7, 11) is 3.09. The summed E-state index contributed by atoms with van der Waals surface area (Å²) < 4.78 is 16.6. The number of fused-ring (bicyclic) bond motifs is 1. The normalized spacial score (nSPS) is 10.5. The Morgan fingerprint density at radius 3 is 2.61 bits per heavy atom. The third-order valence-electron chi connectivity index (χ3n) is 4.23. The zero-order chi connectivity index (χ0) is 22.4. The molecule has 0 saturated heterocycles. The lowest BCUT2D eigenvalue weighted by Crippen LogP contribution is -2.19. The second-order valence-corrected chi connectivity index (χ2v) is 6.68. The van der Waals surface area contributed by atoms with Gasteiger partial charge in [0.1, 0.15) is 23.9 Å². The molecule has 0 fully saturated rings. The van der Waals surface area contributed by atoms with Crippen LogP contribution in [0.15, 0.2) is 42.6 Å². The summed E-state index contributed by atoms with van der Waals surface area (Å²) in [5, 5.41) is 14.4. The monoisotopic (exact) mass is 445 g/mol. The molecule has 3 rings (SSSR count). The number of carbonyl (C=O) groups is 2. The Hall–Kier alpha value is -3.56. The zero-order valence-corrected chi connectivity index (χ0v) is 17.5. The highest BCUT2D eigenvalue weighted by molar-refractivity contribution is 6.33. The van der Waals surface area contributed by atoms with Crippen molar-refractivity contribution in [1.29, 1.82) is 0 Å². The summed E-state index contributed by atoms with van der Waals surface area (Å²) in [6.45, 7) is 0.646. The Kier molecular flexibility index (Phi) is 7.11. The van der Waals surface area contributed by atoms with Gasteiger partial charge >= 0.3 is 6.09 Å². The first kappa shape index (κ1) is 22.1. The molecule has 31 heavy (non-hydrogen) atoms. The molecule has 0 aliphatic heterocycles. The van der Waals surface area contributed by atoms with Gasteiger partial charge in [0.25, 0.3) is 5.91 Å². The number of aromatic nitrogens is 1. The maximum absolute atomic E-state index is 12.4. The van der Waals surface area contributed by atoms with Gasteiger partial charge in [0.15, 0.2) is 0 Å². The van der Waals surface area contributed by atoms with Crippen LogP contribution in [0.3, 0.4) is 0 Å². The van der Waals surface area contributed by atoms with E-state index in [1.165, 1.54) is 19.2 Å². The number of carbonyl (C=O) groups excluding carboxylic acids is 1. The number of pyridine rings is 1. The number of hydrogen-bond donors (Lipinski definition) is 3. The number of methoxy groups -OCH3 is 1. The minimum absolute atomic E-state index is 0.179. The number of nitrogens with zero attached hydrogens (tertiary/aromatic N) is 1. The standard InChI is InChI=1S/C21H20ClN3O6/c1-23-20(26)14-10-13-17(11-19(14)30-8-7-29-2)24-6-5-18(13)31-12-3-4-16(15(22)9-12)25-21(27)28/h3-6,9-11,25H,7-8H2,1-2H3,(H,23,26)(H,27,28). The van der Waals surface area contributed by atoms with E-state index in [0.717, 1.165) is 0 Å². The van der Waals surface area contributed by atoms with Gasteiger partial charge in [0.2, 0.25) is 0 Å². The van der Waals surface area contributed by atoms with Gasteiger partial charge in [-0.3, -0.25) is 15.1 Å². The number of anilines is 1. The van der Waals surface area contributed by atoms with Crippen LogP contribution in [0.5, 0.6) is 17.2 Å². The number of halogens is 1. The molecule has 3 aromatic rings. The number of amides is 2. The van der Waals surface area contributed by atoms with E-state index < -0.39 is 6.09 Å². The van der Waals surface area contributed by atoms with Crippen molar-refractivity contribution in [1.82, 2.24) is 10.3 Å². The summed E-state index contributed by atoms with van der Waals surface area (Å²) in [6.07, 6.45) is 0.346. The minimum atomic E-state index is -1.22. The highest BCUT2D eigenvalue weighted by Crippen LogP contribution is 2.35. The molecule has 0 aliphatic rings. The van der Waals surface area contributed by atoms with E-state index in [9.17, 15) is 9.59 Å². The first-order valence-corrected chi connectivity index (χ1v) is 9.54. The number of hydrogen-bond acceptors (Lipinski definition) is 6. The number of carboxylic acid groups (broad SMARTS) is 1. The maximum atomic E-state index is 12.4. The van der Waals surface area contributed by atoms with Crippen LogP contribution in [0.4, 0.5) is 10.5 Å². The van der Waals surface area contributed by atoms with Crippen molar-refractivity contribution >= 4 is 40.2 Å². The van der Waals surface area contributed by atoms with E-state index in [4.69, 9.17) is 30.9 Å². The molecular weight excluding hydrogens is 426 g/mol. The number of rotatable bonds is 8. The lowest BCUT2D eigenvalue weighted by molar-refractivity contribution is 0.0955. The molecule has 0 unspecified atom stereocenters. The molecule has 0 radical (unpaired) electrons. The second kappa shape index (κ2) is 9.96. The quantitative estimate of drug-likeness (QED) is 0.445. The highest BCUT2D eigenvalue weighted by Gasteiger charge is 2.16. The van der Waals surface area contributed by atoms with Crippen LogP contribution in [0.25, 0.3) is 10.9 Å². The van der Waals surface area contributed by atoms with Crippen molar-refractivity contribution in [2.24, 2.45) is 0 Å². The predicted molar refractivity (Wildman–Crippen MR) is 116 cm³/mol. The maximum Gasteiger partial charge on any atom is 0.409 e. The Labute approximate surface area is 182 Å². The molecule has 3 N–H and O–H groups in total. The number of ether oxygens (including phenoxy) is 3. The number of nitrogens with one attached hydrogen (secondary N) is 2. The van der Waals surface area contributed by atoms with Crippen molar-refractivity contribution in [3.05, 3.63) is 53.2 Å². The van der Waals surface area contributed by atoms with Crippen LogP contribution >= 0.6 is 11.6 Å². The first-order chi connectivity index (χ1) is 14.9. The predicted octanol–water partition coefficient (Wildman–Crippen LogP) is 4.16. The van der Waals surface area contributed by atoms with Crippen molar-refractivity contribution in [3.63, 3.8) is 0 Å². The average molecular weight is 446 g/mol. The molecular formula is C21H20ClN3O6. The van der Waals surface area contributed by atoms with Gasteiger partial charge in [-0.2, -0.15) is 0 Å². The van der Waals surface area contributed by atoms with Crippen LogP contribution in [-0.2, 0) is 4.74 Å². The molecule has 0 bridgehead atoms. The van der Waals surface area contributed by atoms with E-state index >= 15 is 0 Å². The molecule has 9 nitrogen and oxygen atoms in total. The summed E-state index contributed by atoms with van der Waals surface area (Å²) in [6, 6.07) is 9.51. The topological polar surface area (TPSA) is 119 Å². The average Bonchev–Trinajstić information content (AvgIpc) is 2.75. The minimum Gasteiger partial charge on any atom is -0.490 e. The van der Waals surface area contributed by atoms with E-state index in [0.29, 0.717) is 40.3 Å². The fourth-order valence-corrected chi connectivity index (χ4v) is 3.02. The Balaban J connectivity index is 1.98. The van der Waals surface area contributed by atoms with Crippen LogP contribution in [0, 0.1) is 0 Å². The van der Waals surface area contributed by atoms with Gasteiger partial charge in [-0.15, -0.1) is 0 Å². The lowest BCUT2D eigenvalue weighted by atomic mass is 10.1. The van der Waals surface area contributed by atoms with Gasteiger partial charge in [-0.1, -0.05) is 11.6 Å². The molecule has 2 amide bonds. The van der Waals surface area contributed by atoms with E-state index in [2.05, 4.69) is 15.6 Å². The molecule has 10 heteroatoms. The Morgan fingerprint density at radius 2 is 1.94 bits per heavy atom. The third-order valence-corrected chi connectivity index (χ3v) is 4.54. The SMILES string of the molecule is CNC(=O)c1cc2c(Oc3ccc(NC(=O)O)c(Cl)c3)ccnc2cc1OCCOC. The third kappa shape index (κ3) is 5.33. The van der Waals surface area contributed by atoms with Crippen molar-refractivity contribution < 1.29 is 28.9 Å². The van der Waals surface area contributed by atoms with Crippen LogP contribution in [0.1, 0.15) is 10.4 Å². The van der Waals surface area contributed by atoms with Crippen molar-refractivity contribution in [3.8, 4) is 17.2 Å². The molecule has 162 valence electrons. The molecule has 2 aromatic carbocycles. The zero-order valence-electron chi connectivity index (χ0n) is 16.8. The van der Waals surface area contributed by atoms with Crippen molar-refractivity contribution in [2.45, 2.75) is 0 Å². The lowest BCUT2D eigenvalue weighted by Gasteiger charge is -2.14. The van der Waals surface area contributed by atoms with Gasteiger partial charge in [-0.05, 0) is 24.3 Å². The second-order valence-electron chi connectivity index (χ2n) is 6.27. The van der Waals surface area contributed by atoms with Gasteiger partial charge in [0, 0.05) is 37.9 Å². The highest BCUT2D eigenvalue weighted by atomic mass is 35.5. The first-order valence-electron chi connectivity index (χ1n) is 9.17. The van der Waals surface area contributed by atoms with Crippen molar-refractivity contribution in [2.75, 3.05) is 32.7 Å². The van der Waals surface area contributed by atoms with E-state index in [1.54, 1.807) is 37.6 Å². The van der Waals surface area contributed by atoms with Gasteiger partial charge in [-0.25, -0.2) is 4.79 Å². The van der Waals surface area contributed by atoms with Crippen LogP contribution in [-0.4, -0.2) is 49.5 Å². The number of benzene rings is 2. The van der Waals surface area contributed by atoms with Gasteiger partial charge < -0.3 is 24.6 Å². The largest absolute Gasteiger partial charge is 0.490 e. The Bertz CT molecular complexity index is 1120. The van der Waals surface area contributed by atoms with Crippen LogP contribution in [0.2, 0.25) is 5.02 Å². The fourth-order valence-electron chi connectivity index (χ4n) is 2.81. The molecule has 0 saturated carbocycles. The summed E-state index contributed by atoms with van der Waals surface area (Å²) >= 11 is 6.13. The summed E-state index contributed by atoms with van der Waals surface area (Å²) in [5.41, 5.74) is 1.12. The molecule has 0 aliphatic carbocycles. The molecule has 0 atom stereocenters. The summed E-state index contributed by atoms with van der Waals surface area (Å²) in [5.74, 6) is 0.876. The molecule has 1 aromatic heterocycles. The fraction of sp³-hybridized carbons (Fsp3) is 0.190. The Morgan fingerprint density at radius 1 is 1.13 bits per heavy atom. The van der Waals surface area contributed by atoms with Crippen LogP contribution < -0.4 is 20.1 Å². The smallest absolute Gasteiger partial charge is 0.409 e. The molecule has 1 heterocycles. The van der Waals surface area contributed by atoms with E-state index in [1.807, 2.05) is 0 Å². The summed E-state index contributed by atoms with van der Waals surface area (Å²) in [4.78, 5) is 27.5. The molecule has 0 spiro atoms.